The maximum absolute atomic E-state index is 12.9. The van der Waals surface area contributed by atoms with Crippen molar-refractivity contribution in [1.29, 1.82) is 0 Å². The van der Waals surface area contributed by atoms with Crippen LogP contribution in [-0.2, 0) is 0 Å². The van der Waals surface area contributed by atoms with E-state index in [2.05, 4.69) is 10.1 Å². The Morgan fingerprint density at radius 2 is 1.93 bits per heavy atom. The topological polar surface area (TPSA) is 94.2 Å². The van der Waals surface area contributed by atoms with Crippen molar-refractivity contribution >= 4 is 23.2 Å². The van der Waals surface area contributed by atoms with Crippen molar-refractivity contribution in [3.63, 3.8) is 0 Å². The Balaban J connectivity index is 1.85. The molecule has 9 heteroatoms. The molecular formula is C19H18ClN5O3. The monoisotopic (exact) mass is 399 g/mol. The Morgan fingerprint density at radius 1 is 1.25 bits per heavy atom. The largest absolute Gasteiger partial charge is 0.332 e. The van der Waals surface area contributed by atoms with Crippen LogP contribution in [0.15, 0.2) is 48.5 Å². The minimum absolute atomic E-state index is 0.0221. The van der Waals surface area contributed by atoms with Gasteiger partial charge < -0.3 is 4.90 Å². The third-order valence-electron chi connectivity index (χ3n) is 4.50. The minimum atomic E-state index is -0.462. The molecule has 0 aliphatic carbocycles. The maximum atomic E-state index is 12.9. The molecule has 1 amide bonds. The highest BCUT2D eigenvalue weighted by molar-refractivity contribution is 6.30. The molecule has 0 N–H and O–H groups in total. The standard InChI is InChI=1S/C19H18ClN5O3/c1-12(14-5-4-6-17(11-14)25(27)28)23(3)19(26)18-21-13(2)24(22-18)16-9-7-15(20)8-10-16/h4-12H,1-3H3/t12-/m0/s1. The number of nitrogens with zero attached hydrogens (tertiary/aromatic N) is 5. The second-order valence-electron chi connectivity index (χ2n) is 6.31. The van der Waals surface area contributed by atoms with Gasteiger partial charge in [0, 0.05) is 24.2 Å². The lowest BCUT2D eigenvalue weighted by Gasteiger charge is -2.24. The van der Waals surface area contributed by atoms with Gasteiger partial charge in [0.25, 0.3) is 11.6 Å². The highest BCUT2D eigenvalue weighted by atomic mass is 35.5. The summed E-state index contributed by atoms with van der Waals surface area (Å²) in [4.78, 5) is 29.1. The fourth-order valence-electron chi connectivity index (χ4n) is 2.76. The number of carbonyl (C=O) groups excluding carboxylic acids is 1. The molecule has 0 saturated heterocycles. The van der Waals surface area contributed by atoms with Gasteiger partial charge in [-0.15, -0.1) is 5.10 Å². The third-order valence-corrected chi connectivity index (χ3v) is 4.75. The second-order valence-corrected chi connectivity index (χ2v) is 6.75. The molecule has 1 atom stereocenters. The predicted molar refractivity (Wildman–Crippen MR) is 105 cm³/mol. The number of rotatable bonds is 5. The van der Waals surface area contributed by atoms with Crippen LogP contribution in [-0.4, -0.2) is 37.5 Å². The van der Waals surface area contributed by atoms with Gasteiger partial charge in [0.15, 0.2) is 0 Å². The van der Waals surface area contributed by atoms with Crippen LogP contribution in [0.4, 0.5) is 5.69 Å². The van der Waals surface area contributed by atoms with Gasteiger partial charge >= 0.3 is 0 Å². The molecule has 1 heterocycles. The molecule has 0 fully saturated rings. The first kappa shape index (κ1) is 19.5. The number of amides is 1. The normalized spacial score (nSPS) is 11.9. The van der Waals surface area contributed by atoms with Crippen LogP contribution in [0.3, 0.4) is 0 Å². The van der Waals surface area contributed by atoms with Crippen LogP contribution in [0.5, 0.6) is 0 Å². The van der Waals surface area contributed by atoms with Gasteiger partial charge in [0.2, 0.25) is 5.82 Å². The number of carbonyl (C=O) groups is 1. The van der Waals surface area contributed by atoms with Crippen LogP contribution in [0.2, 0.25) is 5.02 Å². The summed E-state index contributed by atoms with van der Waals surface area (Å²) in [5, 5.41) is 15.9. The molecule has 0 radical (unpaired) electrons. The lowest BCUT2D eigenvalue weighted by Crippen LogP contribution is -2.30. The van der Waals surface area contributed by atoms with E-state index in [9.17, 15) is 14.9 Å². The lowest BCUT2D eigenvalue weighted by molar-refractivity contribution is -0.384. The summed E-state index contributed by atoms with van der Waals surface area (Å²) in [5.41, 5.74) is 1.37. The smallest absolute Gasteiger partial charge is 0.293 e. The minimum Gasteiger partial charge on any atom is -0.332 e. The molecule has 0 spiro atoms. The molecule has 0 unspecified atom stereocenters. The Bertz CT molecular complexity index is 1030. The van der Waals surface area contributed by atoms with E-state index in [4.69, 9.17) is 11.6 Å². The van der Waals surface area contributed by atoms with E-state index in [0.717, 1.165) is 5.69 Å². The van der Waals surface area contributed by atoms with Crippen LogP contribution in [0, 0.1) is 17.0 Å². The Kier molecular flexibility index (Phi) is 5.41. The van der Waals surface area contributed by atoms with E-state index in [1.165, 1.54) is 17.0 Å². The van der Waals surface area contributed by atoms with Gasteiger partial charge in [-0.2, -0.15) is 0 Å². The average Bonchev–Trinajstić information content (AvgIpc) is 3.08. The number of nitro benzene ring substituents is 1. The summed E-state index contributed by atoms with van der Waals surface area (Å²) in [6.45, 7) is 3.54. The summed E-state index contributed by atoms with van der Waals surface area (Å²) in [7, 11) is 1.62. The molecule has 1 aromatic heterocycles. The second kappa shape index (κ2) is 7.77. The van der Waals surface area contributed by atoms with E-state index in [1.807, 2.05) is 0 Å². The number of aromatic nitrogens is 3. The first-order chi connectivity index (χ1) is 13.3. The fourth-order valence-corrected chi connectivity index (χ4v) is 2.89. The summed E-state index contributed by atoms with van der Waals surface area (Å²) < 4.78 is 1.56. The van der Waals surface area contributed by atoms with Gasteiger partial charge in [-0.05, 0) is 43.7 Å². The highest BCUT2D eigenvalue weighted by Crippen LogP contribution is 2.24. The molecular weight excluding hydrogens is 382 g/mol. The molecule has 144 valence electrons. The molecule has 0 aliphatic heterocycles. The van der Waals surface area contributed by atoms with E-state index in [1.54, 1.807) is 62.0 Å². The first-order valence-electron chi connectivity index (χ1n) is 8.49. The van der Waals surface area contributed by atoms with Crippen molar-refractivity contribution < 1.29 is 9.72 Å². The number of aryl methyl sites for hydroxylation is 1. The Morgan fingerprint density at radius 3 is 2.57 bits per heavy atom. The van der Waals surface area contributed by atoms with Crippen LogP contribution < -0.4 is 0 Å². The van der Waals surface area contributed by atoms with Crippen LogP contribution >= 0.6 is 11.6 Å². The summed E-state index contributed by atoms with van der Waals surface area (Å²) in [6.07, 6.45) is 0. The van der Waals surface area contributed by atoms with Crippen LogP contribution in [0.1, 0.15) is 35.0 Å². The van der Waals surface area contributed by atoms with E-state index < -0.39 is 11.0 Å². The maximum Gasteiger partial charge on any atom is 0.293 e. The Hall–Kier alpha value is -3.26. The Labute approximate surface area is 166 Å². The fraction of sp³-hybridized carbons (Fsp3) is 0.211. The van der Waals surface area contributed by atoms with Gasteiger partial charge in [0.05, 0.1) is 16.7 Å². The zero-order valence-electron chi connectivity index (χ0n) is 15.5. The average molecular weight is 400 g/mol. The highest BCUT2D eigenvalue weighted by Gasteiger charge is 2.24. The number of nitro groups is 1. The molecule has 3 aromatic rings. The third kappa shape index (κ3) is 3.86. The number of hydrogen-bond acceptors (Lipinski definition) is 5. The molecule has 0 saturated carbocycles. The summed E-state index contributed by atoms with van der Waals surface area (Å²) in [5.74, 6) is 0.226. The van der Waals surface area contributed by atoms with Crippen molar-refractivity contribution in [1.82, 2.24) is 19.7 Å². The molecule has 8 nitrogen and oxygen atoms in total. The number of halogens is 1. The van der Waals surface area contributed by atoms with Gasteiger partial charge in [0.1, 0.15) is 5.82 Å². The van der Waals surface area contributed by atoms with E-state index in [-0.39, 0.29) is 17.4 Å². The molecule has 0 bridgehead atoms. The molecule has 3 rings (SSSR count). The summed E-state index contributed by atoms with van der Waals surface area (Å²) in [6, 6.07) is 12.9. The number of non-ortho nitro benzene ring substituents is 1. The van der Waals surface area contributed by atoms with Gasteiger partial charge in [-0.3, -0.25) is 14.9 Å². The quantitative estimate of drug-likeness (QED) is 0.478. The van der Waals surface area contributed by atoms with Crippen molar-refractivity contribution in [2.45, 2.75) is 19.9 Å². The number of benzene rings is 2. The SMILES string of the molecule is Cc1nc(C(=O)N(C)[C@@H](C)c2cccc([N+](=O)[O-])c2)nn1-c1ccc(Cl)cc1. The van der Waals surface area contributed by atoms with E-state index >= 15 is 0 Å². The van der Waals surface area contributed by atoms with Crippen molar-refractivity contribution in [2.75, 3.05) is 7.05 Å². The lowest BCUT2D eigenvalue weighted by atomic mass is 10.1. The molecule has 0 aliphatic rings. The van der Waals surface area contributed by atoms with Crippen molar-refractivity contribution in [3.8, 4) is 5.69 Å². The van der Waals surface area contributed by atoms with Crippen molar-refractivity contribution in [3.05, 3.63) is 80.9 Å². The summed E-state index contributed by atoms with van der Waals surface area (Å²) >= 11 is 5.91. The molecule has 2 aromatic carbocycles. The first-order valence-corrected chi connectivity index (χ1v) is 8.87. The van der Waals surface area contributed by atoms with Crippen LogP contribution in [0.25, 0.3) is 5.69 Å². The van der Waals surface area contributed by atoms with Crippen molar-refractivity contribution in [2.24, 2.45) is 0 Å². The van der Waals surface area contributed by atoms with E-state index in [0.29, 0.717) is 16.4 Å². The zero-order valence-corrected chi connectivity index (χ0v) is 16.3. The predicted octanol–water partition coefficient (Wildman–Crippen LogP) is 3.97. The van der Waals surface area contributed by atoms with Gasteiger partial charge in [-0.1, -0.05) is 23.7 Å². The zero-order chi connectivity index (χ0) is 20.4. The van der Waals surface area contributed by atoms with Gasteiger partial charge in [-0.25, -0.2) is 9.67 Å². The molecule has 28 heavy (non-hydrogen) atoms. The number of hydrogen-bond donors (Lipinski definition) is 0.